The Kier molecular flexibility index (Phi) is 3.51. The van der Waals surface area contributed by atoms with Crippen molar-refractivity contribution in [3.8, 4) is 12.3 Å². The maximum Gasteiger partial charge on any atom is 0.330 e. The van der Waals surface area contributed by atoms with Crippen LogP contribution in [0.1, 0.15) is 11.1 Å². The molecule has 2 heteroatoms. The molecule has 0 radical (unpaired) electrons. The van der Waals surface area contributed by atoms with Crippen LogP contribution < -0.4 is 0 Å². The molecule has 0 atom stereocenters. The Morgan fingerprint density at radius 2 is 2.21 bits per heavy atom. The van der Waals surface area contributed by atoms with Crippen molar-refractivity contribution in [3.63, 3.8) is 0 Å². The topological polar surface area (TPSA) is 26.3 Å². The van der Waals surface area contributed by atoms with Gasteiger partial charge < -0.3 is 4.74 Å². The van der Waals surface area contributed by atoms with Crippen molar-refractivity contribution < 1.29 is 9.53 Å². The minimum absolute atomic E-state index is 0.392. The molecule has 14 heavy (non-hydrogen) atoms. The number of hydrogen-bond donors (Lipinski definition) is 0. The summed E-state index contributed by atoms with van der Waals surface area (Å²) in [6.07, 6.45) is 8.27. The van der Waals surface area contributed by atoms with E-state index in [1.165, 1.54) is 13.2 Å². The molecule has 0 saturated heterocycles. The molecule has 2 nitrogen and oxygen atoms in total. The second-order valence-corrected chi connectivity index (χ2v) is 2.59. The molecule has 0 amide bonds. The van der Waals surface area contributed by atoms with E-state index in [0.29, 0.717) is 0 Å². The van der Waals surface area contributed by atoms with Crippen LogP contribution in [0.3, 0.4) is 0 Å². The minimum Gasteiger partial charge on any atom is -0.466 e. The third-order valence-electron chi connectivity index (χ3n) is 1.72. The van der Waals surface area contributed by atoms with Gasteiger partial charge in [0.25, 0.3) is 0 Å². The second kappa shape index (κ2) is 4.88. The molecule has 0 fully saturated rings. The number of carbonyl (C=O) groups is 1. The summed E-state index contributed by atoms with van der Waals surface area (Å²) in [6, 6.07) is 7.37. The molecular formula is C12H10O2. The maximum absolute atomic E-state index is 10.8. The quantitative estimate of drug-likeness (QED) is 0.400. The third-order valence-corrected chi connectivity index (χ3v) is 1.72. The lowest BCUT2D eigenvalue weighted by atomic mass is 10.1. The standard InChI is InChI=1S/C12H10O2/c1-3-10-6-4-5-7-11(10)8-9-12(13)14-2/h1,4-9H,2H3. The Balaban J connectivity index is 2.92. The summed E-state index contributed by atoms with van der Waals surface area (Å²) in [4.78, 5) is 10.8. The Hall–Kier alpha value is -2.01. The number of hydrogen-bond acceptors (Lipinski definition) is 2. The summed E-state index contributed by atoms with van der Waals surface area (Å²) in [5, 5.41) is 0. The Bertz CT molecular complexity index is 397. The maximum atomic E-state index is 10.8. The number of ether oxygens (including phenoxy) is 1. The molecule has 0 N–H and O–H groups in total. The number of methoxy groups -OCH3 is 1. The first-order valence-electron chi connectivity index (χ1n) is 4.09. The zero-order valence-corrected chi connectivity index (χ0v) is 7.86. The van der Waals surface area contributed by atoms with Crippen LogP contribution >= 0.6 is 0 Å². The van der Waals surface area contributed by atoms with Crippen LogP contribution in [0.2, 0.25) is 0 Å². The summed E-state index contributed by atoms with van der Waals surface area (Å²) >= 11 is 0. The first-order valence-corrected chi connectivity index (χ1v) is 4.09. The van der Waals surface area contributed by atoms with Gasteiger partial charge in [-0.2, -0.15) is 0 Å². The van der Waals surface area contributed by atoms with Crippen molar-refractivity contribution in [1.82, 2.24) is 0 Å². The summed E-state index contributed by atoms with van der Waals surface area (Å²) in [7, 11) is 1.33. The van der Waals surface area contributed by atoms with Crippen LogP contribution in [0, 0.1) is 12.3 Å². The largest absolute Gasteiger partial charge is 0.466 e. The first kappa shape index (κ1) is 10.1. The van der Waals surface area contributed by atoms with Crippen molar-refractivity contribution in [3.05, 3.63) is 41.5 Å². The van der Waals surface area contributed by atoms with Crippen molar-refractivity contribution in [2.24, 2.45) is 0 Å². The average molecular weight is 186 g/mol. The van der Waals surface area contributed by atoms with E-state index in [-0.39, 0.29) is 0 Å². The van der Waals surface area contributed by atoms with E-state index in [4.69, 9.17) is 6.42 Å². The molecule has 0 aliphatic heterocycles. The van der Waals surface area contributed by atoms with E-state index in [1.807, 2.05) is 24.3 Å². The number of terminal acetylenes is 1. The number of benzene rings is 1. The Labute approximate surface area is 83.2 Å². The molecule has 0 heterocycles. The van der Waals surface area contributed by atoms with E-state index >= 15 is 0 Å². The molecular weight excluding hydrogens is 176 g/mol. The second-order valence-electron chi connectivity index (χ2n) is 2.59. The predicted molar refractivity (Wildman–Crippen MR) is 55.4 cm³/mol. The molecule has 0 aliphatic rings. The first-order chi connectivity index (χ1) is 6.77. The van der Waals surface area contributed by atoms with E-state index in [9.17, 15) is 4.79 Å². The van der Waals surface area contributed by atoms with Gasteiger partial charge in [-0.1, -0.05) is 24.1 Å². The fourth-order valence-electron chi connectivity index (χ4n) is 1.000. The zero-order chi connectivity index (χ0) is 10.4. The van der Waals surface area contributed by atoms with Crippen molar-refractivity contribution in [2.75, 3.05) is 7.11 Å². The van der Waals surface area contributed by atoms with Gasteiger partial charge in [0.1, 0.15) is 0 Å². The normalized spacial score (nSPS) is 9.71. The number of rotatable bonds is 2. The van der Waals surface area contributed by atoms with Crippen molar-refractivity contribution in [2.45, 2.75) is 0 Å². The lowest BCUT2D eigenvalue weighted by Gasteiger charge is -1.96. The van der Waals surface area contributed by atoms with Gasteiger partial charge in [-0.15, -0.1) is 6.42 Å². The Morgan fingerprint density at radius 3 is 2.86 bits per heavy atom. The molecule has 1 rings (SSSR count). The average Bonchev–Trinajstić information content (AvgIpc) is 2.26. The van der Waals surface area contributed by atoms with E-state index in [1.54, 1.807) is 6.08 Å². The van der Waals surface area contributed by atoms with E-state index < -0.39 is 5.97 Å². The highest BCUT2D eigenvalue weighted by Gasteiger charge is 1.95. The molecule has 70 valence electrons. The monoisotopic (exact) mass is 186 g/mol. The van der Waals surface area contributed by atoms with Gasteiger partial charge in [0.05, 0.1) is 7.11 Å². The highest BCUT2D eigenvalue weighted by atomic mass is 16.5. The van der Waals surface area contributed by atoms with E-state index in [2.05, 4.69) is 10.7 Å². The van der Waals surface area contributed by atoms with Crippen LogP contribution in [0.15, 0.2) is 30.3 Å². The summed E-state index contributed by atoms with van der Waals surface area (Å²) < 4.78 is 4.47. The summed E-state index contributed by atoms with van der Waals surface area (Å²) in [5.74, 6) is 2.14. The van der Waals surface area contributed by atoms with Crippen LogP contribution in [0.5, 0.6) is 0 Å². The highest BCUT2D eigenvalue weighted by Crippen LogP contribution is 2.08. The molecule has 0 bridgehead atoms. The zero-order valence-electron chi connectivity index (χ0n) is 7.86. The van der Waals surface area contributed by atoms with Crippen LogP contribution in [-0.2, 0) is 9.53 Å². The molecule has 0 spiro atoms. The smallest absolute Gasteiger partial charge is 0.330 e. The highest BCUT2D eigenvalue weighted by molar-refractivity contribution is 5.87. The molecule has 0 aliphatic carbocycles. The lowest BCUT2D eigenvalue weighted by molar-refractivity contribution is -0.134. The number of esters is 1. The minimum atomic E-state index is -0.392. The van der Waals surface area contributed by atoms with Gasteiger partial charge in [0, 0.05) is 11.6 Å². The van der Waals surface area contributed by atoms with Gasteiger partial charge >= 0.3 is 5.97 Å². The number of carbonyl (C=O) groups excluding carboxylic acids is 1. The predicted octanol–water partition coefficient (Wildman–Crippen LogP) is 1.85. The van der Waals surface area contributed by atoms with Gasteiger partial charge in [-0.05, 0) is 17.7 Å². The third kappa shape index (κ3) is 2.49. The van der Waals surface area contributed by atoms with Crippen LogP contribution in [0.25, 0.3) is 6.08 Å². The Morgan fingerprint density at radius 1 is 1.50 bits per heavy atom. The van der Waals surface area contributed by atoms with Gasteiger partial charge in [0.15, 0.2) is 0 Å². The van der Waals surface area contributed by atoms with Gasteiger partial charge in [0.2, 0.25) is 0 Å². The fourth-order valence-corrected chi connectivity index (χ4v) is 1.000. The van der Waals surface area contributed by atoms with Crippen LogP contribution in [0.4, 0.5) is 0 Å². The van der Waals surface area contributed by atoms with Crippen molar-refractivity contribution >= 4 is 12.0 Å². The molecule has 1 aromatic carbocycles. The molecule has 0 aromatic heterocycles. The molecule has 0 saturated carbocycles. The molecule has 0 unspecified atom stereocenters. The lowest BCUT2D eigenvalue weighted by Crippen LogP contribution is -1.93. The van der Waals surface area contributed by atoms with E-state index in [0.717, 1.165) is 11.1 Å². The van der Waals surface area contributed by atoms with Gasteiger partial charge in [-0.3, -0.25) is 0 Å². The van der Waals surface area contributed by atoms with Crippen molar-refractivity contribution in [1.29, 1.82) is 0 Å². The SMILES string of the molecule is C#Cc1ccccc1C=CC(=O)OC. The summed E-state index contributed by atoms with van der Waals surface area (Å²) in [5.41, 5.74) is 1.59. The molecule has 1 aromatic rings. The fraction of sp³-hybridized carbons (Fsp3) is 0.0833. The van der Waals surface area contributed by atoms with Gasteiger partial charge in [-0.25, -0.2) is 4.79 Å². The summed E-state index contributed by atoms with van der Waals surface area (Å²) in [6.45, 7) is 0. The van der Waals surface area contributed by atoms with Crippen LogP contribution in [-0.4, -0.2) is 13.1 Å².